The van der Waals surface area contributed by atoms with E-state index in [2.05, 4.69) is 5.32 Å². The van der Waals surface area contributed by atoms with E-state index in [9.17, 15) is 8.42 Å². The topological polar surface area (TPSA) is 66.4 Å². The molecule has 1 rings (SSSR count). The zero-order valence-electron chi connectivity index (χ0n) is 9.98. The fourth-order valence-corrected chi connectivity index (χ4v) is 3.44. The molecule has 0 spiro atoms. The van der Waals surface area contributed by atoms with Crippen molar-refractivity contribution in [2.45, 2.75) is 49.8 Å². The molecule has 0 bridgehead atoms. The quantitative estimate of drug-likeness (QED) is 0.680. The fraction of sp³-hybridized carbons (Fsp3) is 1.00. The summed E-state index contributed by atoms with van der Waals surface area (Å²) in [6.45, 7) is 1.11. The van der Waals surface area contributed by atoms with Crippen LogP contribution in [0.4, 0.5) is 0 Å². The Morgan fingerprint density at radius 1 is 1.31 bits per heavy atom. The minimum Gasteiger partial charge on any atom is -0.396 e. The molecule has 0 aliphatic heterocycles. The van der Waals surface area contributed by atoms with Gasteiger partial charge in [0, 0.05) is 18.9 Å². The number of rotatable bonds is 6. The van der Waals surface area contributed by atoms with E-state index < -0.39 is 9.84 Å². The molecule has 16 heavy (non-hydrogen) atoms. The van der Waals surface area contributed by atoms with Crippen LogP contribution in [0.15, 0.2) is 0 Å². The van der Waals surface area contributed by atoms with Crippen molar-refractivity contribution in [3.05, 3.63) is 0 Å². The minimum absolute atomic E-state index is 0.156. The van der Waals surface area contributed by atoms with E-state index in [1.54, 1.807) is 0 Å². The van der Waals surface area contributed by atoms with E-state index in [-0.39, 0.29) is 11.9 Å². The van der Waals surface area contributed by atoms with Crippen molar-refractivity contribution < 1.29 is 13.5 Å². The van der Waals surface area contributed by atoms with Gasteiger partial charge in [0.15, 0.2) is 0 Å². The van der Waals surface area contributed by atoms with Crippen LogP contribution in [0.25, 0.3) is 0 Å². The Bertz CT molecular complexity index is 290. The highest BCUT2D eigenvalue weighted by molar-refractivity contribution is 7.91. The second-order valence-electron chi connectivity index (χ2n) is 4.70. The number of hydrogen-bond acceptors (Lipinski definition) is 4. The van der Waals surface area contributed by atoms with Crippen molar-refractivity contribution in [1.29, 1.82) is 0 Å². The molecule has 0 amide bonds. The van der Waals surface area contributed by atoms with Gasteiger partial charge in [-0.15, -0.1) is 0 Å². The molecule has 1 aliphatic carbocycles. The molecule has 0 saturated heterocycles. The Labute approximate surface area is 98.4 Å². The van der Waals surface area contributed by atoms with Gasteiger partial charge in [0.25, 0.3) is 0 Å². The number of aliphatic hydroxyl groups is 1. The Kier molecular flexibility index (Phi) is 5.72. The molecule has 2 unspecified atom stereocenters. The number of nitrogens with one attached hydrogen (secondary N) is 1. The molecule has 4 nitrogen and oxygen atoms in total. The van der Waals surface area contributed by atoms with Crippen molar-refractivity contribution in [2.75, 3.05) is 19.4 Å². The van der Waals surface area contributed by atoms with Crippen LogP contribution in [-0.2, 0) is 9.84 Å². The summed E-state index contributed by atoms with van der Waals surface area (Å²) in [5.74, 6) is 0. The van der Waals surface area contributed by atoms with E-state index in [0.717, 1.165) is 45.1 Å². The normalized spacial score (nSPS) is 26.9. The molecule has 1 aliphatic rings. The van der Waals surface area contributed by atoms with Crippen LogP contribution >= 0.6 is 0 Å². The van der Waals surface area contributed by atoms with Crippen molar-refractivity contribution in [1.82, 2.24) is 5.32 Å². The van der Waals surface area contributed by atoms with Crippen molar-refractivity contribution in [2.24, 2.45) is 0 Å². The van der Waals surface area contributed by atoms with Crippen LogP contribution in [-0.4, -0.2) is 44.2 Å². The number of aliphatic hydroxyl groups excluding tert-OH is 1. The molecule has 5 heteroatoms. The van der Waals surface area contributed by atoms with Gasteiger partial charge < -0.3 is 10.4 Å². The predicted molar refractivity (Wildman–Crippen MR) is 65.2 cm³/mol. The van der Waals surface area contributed by atoms with E-state index in [1.165, 1.54) is 6.26 Å². The Morgan fingerprint density at radius 2 is 2.06 bits per heavy atom. The van der Waals surface area contributed by atoms with Gasteiger partial charge in [-0.05, 0) is 38.6 Å². The Hall–Kier alpha value is -0.130. The average molecular weight is 249 g/mol. The zero-order valence-corrected chi connectivity index (χ0v) is 10.8. The zero-order chi connectivity index (χ0) is 12.0. The lowest BCUT2D eigenvalue weighted by Gasteiger charge is -2.28. The van der Waals surface area contributed by atoms with E-state index in [0.29, 0.717) is 6.04 Å². The first kappa shape index (κ1) is 13.9. The molecule has 0 aromatic carbocycles. The first-order valence-electron chi connectivity index (χ1n) is 6.07. The summed E-state index contributed by atoms with van der Waals surface area (Å²) in [6, 6.07) is 0.340. The summed E-state index contributed by atoms with van der Waals surface area (Å²) in [5.41, 5.74) is 0. The lowest BCUT2D eigenvalue weighted by Crippen LogP contribution is -2.39. The van der Waals surface area contributed by atoms with Gasteiger partial charge in [0.05, 0.1) is 5.25 Å². The van der Waals surface area contributed by atoms with Gasteiger partial charge in [-0.2, -0.15) is 0 Å². The summed E-state index contributed by atoms with van der Waals surface area (Å²) in [6.07, 6.45) is 6.74. The molecular formula is C11H23NO3S. The maximum atomic E-state index is 11.4. The van der Waals surface area contributed by atoms with E-state index >= 15 is 0 Å². The highest BCUT2D eigenvalue weighted by atomic mass is 32.2. The van der Waals surface area contributed by atoms with E-state index in [4.69, 9.17) is 5.11 Å². The third kappa shape index (κ3) is 4.80. The van der Waals surface area contributed by atoms with Crippen LogP contribution in [0.2, 0.25) is 0 Å². The molecular weight excluding hydrogens is 226 g/mol. The summed E-state index contributed by atoms with van der Waals surface area (Å²) >= 11 is 0. The smallest absolute Gasteiger partial charge is 0.150 e. The maximum Gasteiger partial charge on any atom is 0.150 e. The molecule has 0 aromatic heterocycles. The monoisotopic (exact) mass is 249 g/mol. The lowest BCUT2D eigenvalue weighted by atomic mass is 9.95. The average Bonchev–Trinajstić information content (AvgIpc) is 2.24. The van der Waals surface area contributed by atoms with Crippen LogP contribution in [0.1, 0.15) is 38.5 Å². The van der Waals surface area contributed by atoms with Crippen LogP contribution in [0, 0.1) is 0 Å². The Morgan fingerprint density at radius 3 is 2.69 bits per heavy atom. The number of hydrogen-bond donors (Lipinski definition) is 2. The van der Waals surface area contributed by atoms with Gasteiger partial charge >= 0.3 is 0 Å². The summed E-state index contributed by atoms with van der Waals surface area (Å²) in [4.78, 5) is 0. The van der Waals surface area contributed by atoms with Crippen molar-refractivity contribution in [3.63, 3.8) is 0 Å². The first-order chi connectivity index (χ1) is 7.54. The second kappa shape index (κ2) is 6.57. The third-order valence-corrected chi connectivity index (χ3v) is 4.89. The first-order valence-corrected chi connectivity index (χ1v) is 8.02. The van der Waals surface area contributed by atoms with Gasteiger partial charge in [-0.1, -0.05) is 6.42 Å². The molecule has 2 N–H and O–H groups in total. The summed E-state index contributed by atoms with van der Waals surface area (Å²) in [7, 11) is -2.87. The minimum atomic E-state index is -2.87. The molecule has 2 atom stereocenters. The molecule has 96 valence electrons. The largest absolute Gasteiger partial charge is 0.396 e. The highest BCUT2D eigenvalue weighted by Crippen LogP contribution is 2.23. The van der Waals surface area contributed by atoms with Crippen LogP contribution in [0.5, 0.6) is 0 Å². The SMILES string of the molecule is CS(=O)(=O)C1CCCC(NCCCCO)C1. The lowest BCUT2D eigenvalue weighted by molar-refractivity contribution is 0.280. The van der Waals surface area contributed by atoms with Gasteiger partial charge in [-0.3, -0.25) is 0 Å². The highest BCUT2D eigenvalue weighted by Gasteiger charge is 2.28. The van der Waals surface area contributed by atoms with Crippen molar-refractivity contribution in [3.8, 4) is 0 Å². The van der Waals surface area contributed by atoms with Gasteiger partial charge in [0.2, 0.25) is 0 Å². The van der Waals surface area contributed by atoms with Crippen molar-refractivity contribution >= 4 is 9.84 Å². The Balaban J connectivity index is 2.28. The summed E-state index contributed by atoms with van der Waals surface area (Å²) < 4.78 is 22.9. The van der Waals surface area contributed by atoms with E-state index in [1.807, 2.05) is 0 Å². The molecule has 1 fully saturated rings. The predicted octanol–water partition coefficient (Wildman–Crippen LogP) is 0.704. The second-order valence-corrected chi connectivity index (χ2v) is 7.03. The standard InChI is InChI=1S/C11H23NO3S/c1-16(14,15)11-6-4-5-10(9-11)12-7-2-3-8-13/h10-13H,2-9H2,1H3. The molecule has 0 aromatic rings. The maximum absolute atomic E-state index is 11.4. The number of unbranched alkanes of at least 4 members (excludes halogenated alkanes) is 1. The third-order valence-electron chi connectivity index (χ3n) is 3.25. The van der Waals surface area contributed by atoms with Gasteiger partial charge in [-0.25, -0.2) is 8.42 Å². The molecule has 1 saturated carbocycles. The van der Waals surface area contributed by atoms with Gasteiger partial charge in [0.1, 0.15) is 9.84 Å². The number of sulfone groups is 1. The molecule has 0 heterocycles. The fourth-order valence-electron chi connectivity index (χ4n) is 2.26. The van der Waals surface area contributed by atoms with Crippen LogP contribution < -0.4 is 5.32 Å². The van der Waals surface area contributed by atoms with Crippen LogP contribution in [0.3, 0.4) is 0 Å². The molecule has 0 radical (unpaired) electrons. The summed E-state index contributed by atoms with van der Waals surface area (Å²) in [5, 5.41) is 11.9.